The molecule has 3 rings (SSSR count). The van der Waals surface area contributed by atoms with Crippen molar-refractivity contribution in [2.75, 3.05) is 5.32 Å². The number of aromatic nitrogens is 2. The van der Waals surface area contributed by atoms with Crippen molar-refractivity contribution in [3.63, 3.8) is 0 Å². The van der Waals surface area contributed by atoms with Gasteiger partial charge in [0.05, 0.1) is 6.54 Å². The maximum absolute atomic E-state index is 12.6. The minimum Gasteiger partial charge on any atom is -0.380 e. The molecule has 8 heteroatoms. The Morgan fingerprint density at radius 2 is 1.83 bits per heavy atom. The van der Waals surface area contributed by atoms with Gasteiger partial charge in [-0.15, -0.1) is 11.3 Å². The van der Waals surface area contributed by atoms with Crippen molar-refractivity contribution in [3.8, 4) is 10.6 Å². The van der Waals surface area contributed by atoms with E-state index in [0.717, 1.165) is 27.7 Å². The van der Waals surface area contributed by atoms with Crippen LogP contribution in [0, 0.1) is 0 Å². The van der Waals surface area contributed by atoms with Crippen LogP contribution < -0.4 is 5.32 Å². The van der Waals surface area contributed by atoms with Crippen LogP contribution in [0.4, 0.5) is 18.9 Å². The van der Waals surface area contributed by atoms with E-state index in [0.29, 0.717) is 17.3 Å². The lowest BCUT2D eigenvalue weighted by atomic mass is 10.2. The van der Waals surface area contributed by atoms with Gasteiger partial charge in [-0.25, -0.2) is 4.98 Å². The molecule has 0 radical (unpaired) electrons. The van der Waals surface area contributed by atoms with Gasteiger partial charge in [0.1, 0.15) is 10.7 Å². The summed E-state index contributed by atoms with van der Waals surface area (Å²) in [6.45, 7) is 0.382. The molecule has 0 amide bonds. The summed E-state index contributed by atoms with van der Waals surface area (Å²) in [5.41, 5.74) is 0.386. The minimum atomic E-state index is -4.45. The summed E-state index contributed by atoms with van der Waals surface area (Å²) in [4.78, 5) is 8.57. The Morgan fingerprint density at radius 1 is 1.08 bits per heavy atom. The molecule has 0 bridgehead atoms. The second-order valence-corrected chi connectivity index (χ2v) is 6.47. The summed E-state index contributed by atoms with van der Waals surface area (Å²) >= 11 is 7.32. The van der Waals surface area contributed by atoms with Crippen molar-refractivity contribution in [1.29, 1.82) is 0 Å². The van der Waals surface area contributed by atoms with Crippen molar-refractivity contribution >= 4 is 28.6 Å². The van der Waals surface area contributed by atoms with Gasteiger partial charge in [-0.05, 0) is 24.3 Å². The first kappa shape index (κ1) is 16.7. The third-order valence-electron chi connectivity index (χ3n) is 3.16. The fourth-order valence-electron chi connectivity index (χ4n) is 2.00. The maximum Gasteiger partial charge on any atom is 0.433 e. The zero-order valence-electron chi connectivity index (χ0n) is 12.1. The number of benzene rings is 1. The molecule has 0 spiro atoms. The Bertz CT molecular complexity index is 831. The number of halogens is 4. The molecule has 0 fully saturated rings. The lowest BCUT2D eigenvalue weighted by Gasteiger charge is -2.08. The van der Waals surface area contributed by atoms with E-state index in [2.05, 4.69) is 15.3 Å². The molecule has 0 saturated carbocycles. The Kier molecular flexibility index (Phi) is 4.73. The van der Waals surface area contributed by atoms with Crippen molar-refractivity contribution in [2.45, 2.75) is 12.7 Å². The summed E-state index contributed by atoms with van der Waals surface area (Å²) in [5, 5.41) is 4.43. The van der Waals surface area contributed by atoms with Crippen LogP contribution in [0.25, 0.3) is 10.6 Å². The second-order valence-electron chi connectivity index (χ2n) is 4.92. The SMILES string of the molecule is FC(F)(F)c1cc(NCc2cnc(-c3ccc(Cl)cc3)s2)ccn1. The quantitative estimate of drug-likeness (QED) is 0.660. The predicted molar refractivity (Wildman–Crippen MR) is 89.1 cm³/mol. The number of nitrogens with one attached hydrogen (secondary N) is 1. The second kappa shape index (κ2) is 6.78. The van der Waals surface area contributed by atoms with Crippen molar-refractivity contribution in [1.82, 2.24) is 9.97 Å². The van der Waals surface area contributed by atoms with Gasteiger partial charge in [0, 0.05) is 33.5 Å². The number of pyridine rings is 1. The van der Waals surface area contributed by atoms with Crippen LogP contribution >= 0.6 is 22.9 Å². The Morgan fingerprint density at radius 3 is 2.54 bits per heavy atom. The highest BCUT2D eigenvalue weighted by atomic mass is 35.5. The van der Waals surface area contributed by atoms with Gasteiger partial charge in [0.15, 0.2) is 0 Å². The molecule has 3 aromatic rings. The number of anilines is 1. The Hall–Kier alpha value is -2.12. The number of hydrogen-bond donors (Lipinski definition) is 1. The molecule has 24 heavy (non-hydrogen) atoms. The number of nitrogens with zero attached hydrogens (tertiary/aromatic N) is 2. The summed E-state index contributed by atoms with van der Waals surface area (Å²) in [6, 6.07) is 9.79. The van der Waals surface area contributed by atoms with Gasteiger partial charge < -0.3 is 5.32 Å². The van der Waals surface area contributed by atoms with E-state index in [9.17, 15) is 13.2 Å². The molecule has 124 valence electrons. The fraction of sp³-hybridized carbons (Fsp3) is 0.125. The number of alkyl halides is 3. The predicted octanol–water partition coefficient (Wildman–Crippen LogP) is 5.49. The average molecular weight is 370 g/mol. The molecule has 0 saturated heterocycles. The van der Waals surface area contributed by atoms with Gasteiger partial charge in [0.25, 0.3) is 0 Å². The minimum absolute atomic E-state index is 0.360. The van der Waals surface area contributed by atoms with Crippen LogP contribution in [0.5, 0.6) is 0 Å². The monoisotopic (exact) mass is 369 g/mol. The lowest BCUT2D eigenvalue weighted by Crippen LogP contribution is -2.08. The third kappa shape index (κ3) is 4.04. The van der Waals surface area contributed by atoms with Crippen LogP contribution in [-0.2, 0) is 12.7 Å². The van der Waals surface area contributed by atoms with E-state index in [4.69, 9.17) is 11.6 Å². The first-order chi connectivity index (χ1) is 11.4. The highest BCUT2D eigenvalue weighted by Crippen LogP contribution is 2.30. The molecule has 0 unspecified atom stereocenters. The van der Waals surface area contributed by atoms with E-state index in [1.54, 1.807) is 18.3 Å². The summed E-state index contributed by atoms with van der Waals surface area (Å²) < 4.78 is 37.9. The zero-order chi connectivity index (χ0) is 17.2. The van der Waals surface area contributed by atoms with Crippen LogP contribution in [0.1, 0.15) is 10.6 Å². The molecular weight excluding hydrogens is 359 g/mol. The average Bonchev–Trinajstić information content (AvgIpc) is 3.02. The number of thiazole rings is 1. The third-order valence-corrected chi connectivity index (χ3v) is 4.46. The molecule has 3 nitrogen and oxygen atoms in total. The van der Waals surface area contributed by atoms with Gasteiger partial charge in [-0.3, -0.25) is 4.98 Å². The van der Waals surface area contributed by atoms with Crippen molar-refractivity contribution < 1.29 is 13.2 Å². The van der Waals surface area contributed by atoms with Crippen LogP contribution in [0.15, 0.2) is 48.8 Å². The molecule has 2 aromatic heterocycles. The molecule has 1 N–H and O–H groups in total. The molecule has 0 atom stereocenters. The van der Waals surface area contributed by atoms with Crippen LogP contribution in [0.3, 0.4) is 0 Å². The zero-order valence-corrected chi connectivity index (χ0v) is 13.7. The highest BCUT2D eigenvalue weighted by molar-refractivity contribution is 7.15. The fourth-order valence-corrected chi connectivity index (χ4v) is 2.98. The van der Waals surface area contributed by atoms with E-state index < -0.39 is 11.9 Å². The van der Waals surface area contributed by atoms with Crippen molar-refractivity contribution in [2.24, 2.45) is 0 Å². The number of rotatable bonds is 4. The maximum atomic E-state index is 12.6. The molecule has 0 aliphatic carbocycles. The Balaban J connectivity index is 1.69. The van der Waals surface area contributed by atoms with E-state index in [1.165, 1.54) is 17.4 Å². The summed E-state index contributed by atoms with van der Waals surface area (Å²) in [7, 11) is 0. The lowest BCUT2D eigenvalue weighted by molar-refractivity contribution is -0.141. The number of hydrogen-bond acceptors (Lipinski definition) is 4. The molecule has 2 heterocycles. The van der Waals surface area contributed by atoms with Gasteiger partial charge >= 0.3 is 6.18 Å². The van der Waals surface area contributed by atoms with Crippen LogP contribution in [0.2, 0.25) is 5.02 Å². The summed E-state index contributed by atoms with van der Waals surface area (Å²) in [6.07, 6.45) is -1.62. The molecule has 0 aliphatic rings. The van der Waals surface area contributed by atoms with Gasteiger partial charge in [-0.2, -0.15) is 13.2 Å². The highest BCUT2D eigenvalue weighted by Gasteiger charge is 2.32. The standard InChI is InChI=1S/C16H11ClF3N3S/c17-11-3-1-10(2-4-11)15-23-9-13(24-15)8-22-12-5-6-21-14(7-12)16(18,19)20/h1-7,9H,8H2,(H,21,22). The van der Waals surface area contributed by atoms with Crippen molar-refractivity contribution in [3.05, 3.63) is 64.4 Å². The van der Waals surface area contributed by atoms with E-state index in [-0.39, 0.29) is 0 Å². The van der Waals surface area contributed by atoms with Crippen LogP contribution in [-0.4, -0.2) is 9.97 Å². The Labute approximate surface area is 145 Å². The van der Waals surface area contributed by atoms with E-state index in [1.807, 2.05) is 12.1 Å². The first-order valence-electron chi connectivity index (χ1n) is 6.89. The molecule has 0 aliphatic heterocycles. The smallest absolute Gasteiger partial charge is 0.380 e. The summed E-state index contributed by atoms with van der Waals surface area (Å²) in [5.74, 6) is 0. The largest absolute Gasteiger partial charge is 0.433 e. The van der Waals surface area contributed by atoms with E-state index >= 15 is 0 Å². The van der Waals surface area contributed by atoms with Gasteiger partial charge in [0.2, 0.25) is 0 Å². The first-order valence-corrected chi connectivity index (χ1v) is 8.09. The topological polar surface area (TPSA) is 37.8 Å². The molecule has 1 aromatic carbocycles. The van der Waals surface area contributed by atoms with Gasteiger partial charge in [-0.1, -0.05) is 23.7 Å². The normalized spacial score (nSPS) is 11.5. The molecular formula is C16H11ClF3N3S.